The number of carbonyl (C=O) groups excluding carboxylic acids is 1. The van der Waals surface area contributed by atoms with Crippen molar-refractivity contribution in [3.8, 4) is 0 Å². The van der Waals surface area contributed by atoms with Crippen LogP contribution in [0, 0.1) is 13.8 Å². The van der Waals surface area contributed by atoms with Crippen LogP contribution < -0.4 is 10.6 Å². The topological polar surface area (TPSA) is 53.6 Å². The van der Waals surface area contributed by atoms with Crippen LogP contribution in [0.15, 0.2) is 42.5 Å². The summed E-state index contributed by atoms with van der Waals surface area (Å²) < 4.78 is 5.42. The van der Waals surface area contributed by atoms with Crippen molar-refractivity contribution in [1.29, 1.82) is 0 Å². The molecule has 0 saturated carbocycles. The highest BCUT2D eigenvalue weighted by Gasteiger charge is 2.13. The predicted molar refractivity (Wildman–Crippen MR) is 112 cm³/mol. The van der Waals surface area contributed by atoms with Gasteiger partial charge in [-0.1, -0.05) is 48.0 Å². The van der Waals surface area contributed by atoms with Crippen molar-refractivity contribution in [3.05, 3.63) is 70.3 Å². The van der Waals surface area contributed by atoms with Gasteiger partial charge < -0.3 is 15.4 Å². The number of hydrogen-bond acceptors (Lipinski definition) is 3. The molecule has 1 fully saturated rings. The molecule has 0 unspecified atom stereocenters. The molecule has 0 aromatic heterocycles. The lowest BCUT2D eigenvalue weighted by Gasteiger charge is -2.27. The van der Waals surface area contributed by atoms with Crippen LogP contribution in [-0.2, 0) is 24.2 Å². The van der Waals surface area contributed by atoms with Crippen LogP contribution in [0.25, 0.3) is 0 Å². The van der Waals surface area contributed by atoms with Gasteiger partial charge in [0.2, 0.25) is 0 Å². The molecule has 0 radical (unpaired) electrons. The van der Waals surface area contributed by atoms with E-state index in [1.807, 2.05) is 6.07 Å². The van der Waals surface area contributed by atoms with Gasteiger partial charge in [-0.15, -0.1) is 0 Å². The van der Waals surface area contributed by atoms with Gasteiger partial charge in [0.1, 0.15) is 0 Å². The summed E-state index contributed by atoms with van der Waals surface area (Å²) in [6, 6.07) is 14.6. The molecule has 0 atom stereocenters. The van der Waals surface area contributed by atoms with Crippen LogP contribution in [-0.4, -0.2) is 43.8 Å². The zero-order valence-electron chi connectivity index (χ0n) is 17.0. The van der Waals surface area contributed by atoms with E-state index in [1.54, 1.807) is 0 Å². The summed E-state index contributed by atoms with van der Waals surface area (Å²) in [6.45, 7) is 9.79. The maximum Gasteiger partial charge on any atom is 0.315 e. The number of nitrogens with one attached hydrogen (secondary N) is 2. The van der Waals surface area contributed by atoms with Gasteiger partial charge in [-0.3, -0.25) is 4.90 Å². The number of urea groups is 1. The number of ether oxygens (including phenoxy) is 1. The summed E-state index contributed by atoms with van der Waals surface area (Å²) in [5.41, 5.74) is 6.25. The Labute approximate surface area is 168 Å². The molecule has 2 aromatic carbocycles. The van der Waals surface area contributed by atoms with Crippen molar-refractivity contribution in [2.24, 2.45) is 0 Å². The Morgan fingerprint density at radius 2 is 1.75 bits per heavy atom. The van der Waals surface area contributed by atoms with Crippen LogP contribution in [0.4, 0.5) is 4.79 Å². The normalized spacial score (nSPS) is 14.6. The zero-order chi connectivity index (χ0) is 19.8. The molecule has 5 nitrogen and oxygen atoms in total. The third-order valence-corrected chi connectivity index (χ3v) is 5.23. The van der Waals surface area contributed by atoms with Gasteiger partial charge in [0, 0.05) is 32.7 Å². The molecule has 1 aliphatic heterocycles. The summed E-state index contributed by atoms with van der Waals surface area (Å²) in [4.78, 5) is 14.6. The minimum absolute atomic E-state index is 0.119. The first-order chi connectivity index (χ1) is 13.6. The Bertz CT molecular complexity index is 785. The van der Waals surface area contributed by atoms with Crippen molar-refractivity contribution in [2.45, 2.75) is 33.4 Å². The highest BCUT2D eigenvalue weighted by atomic mass is 16.5. The van der Waals surface area contributed by atoms with Crippen molar-refractivity contribution in [1.82, 2.24) is 15.5 Å². The molecule has 2 aromatic rings. The van der Waals surface area contributed by atoms with E-state index >= 15 is 0 Å². The van der Waals surface area contributed by atoms with Crippen LogP contribution in [0.5, 0.6) is 0 Å². The Kier molecular flexibility index (Phi) is 7.46. The lowest BCUT2D eigenvalue weighted by atomic mass is 10.0. The Hall–Kier alpha value is -2.37. The fourth-order valence-electron chi connectivity index (χ4n) is 3.56. The van der Waals surface area contributed by atoms with E-state index in [0.717, 1.165) is 39.3 Å². The SMILES string of the molecule is Cc1ccc(CCNC(=O)NCc2ccccc2CN2CCOCC2)c(C)c1. The highest BCUT2D eigenvalue weighted by molar-refractivity contribution is 5.73. The summed E-state index contributed by atoms with van der Waals surface area (Å²) in [7, 11) is 0. The van der Waals surface area contributed by atoms with Crippen LogP contribution in [0.3, 0.4) is 0 Å². The third kappa shape index (κ3) is 6.08. The van der Waals surface area contributed by atoms with Gasteiger partial charge in [-0.25, -0.2) is 4.79 Å². The summed E-state index contributed by atoms with van der Waals surface area (Å²) in [5, 5.41) is 5.96. The van der Waals surface area contributed by atoms with Gasteiger partial charge in [0.05, 0.1) is 13.2 Å². The van der Waals surface area contributed by atoms with E-state index in [9.17, 15) is 4.79 Å². The van der Waals surface area contributed by atoms with Crippen molar-refractivity contribution < 1.29 is 9.53 Å². The zero-order valence-corrected chi connectivity index (χ0v) is 17.0. The molecule has 2 N–H and O–H groups in total. The van der Waals surface area contributed by atoms with E-state index in [4.69, 9.17) is 4.74 Å². The monoisotopic (exact) mass is 381 g/mol. The van der Waals surface area contributed by atoms with Crippen molar-refractivity contribution in [2.75, 3.05) is 32.8 Å². The van der Waals surface area contributed by atoms with Gasteiger partial charge >= 0.3 is 6.03 Å². The third-order valence-electron chi connectivity index (χ3n) is 5.23. The van der Waals surface area contributed by atoms with Crippen LogP contribution >= 0.6 is 0 Å². The van der Waals surface area contributed by atoms with Crippen molar-refractivity contribution in [3.63, 3.8) is 0 Å². The van der Waals surface area contributed by atoms with Gasteiger partial charge in [-0.05, 0) is 42.5 Å². The predicted octanol–water partition coefficient (Wildman–Crippen LogP) is 3.18. The first-order valence-electron chi connectivity index (χ1n) is 10.1. The van der Waals surface area contributed by atoms with Crippen LogP contribution in [0.1, 0.15) is 27.8 Å². The molecule has 0 bridgehead atoms. The minimum atomic E-state index is -0.119. The number of hydrogen-bond donors (Lipinski definition) is 2. The smallest absolute Gasteiger partial charge is 0.315 e. The molecule has 1 aliphatic rings. The lowest BCUT2D eigenvalue weighted by Crippen LogP contribution is -2.37. The van der Waals surface area contributed by atoms with E-state index < -0.39 is 0 Å². The molecular formula is C23H31N3O2. The molecule has 5 heteroatoms. The number of carbonyl (C=O) groups is 1. The fourth-order valence-corrected chi connectivity index (χ4v) is 3.56. The van der Waals surface area contributed by atoms with Gasteiger partial charge in [-0.2, -0.15) is 0 Å². The van der Waals surface area contributed by atoms with E-state index in [1.165, 1.54) is 27.8 Å². The molecule has 2 amide bonds. The maximum absolute atomic E-state index is 12.2. The molecule has 28 heavy (non-hydrogen) atoms. The quantitative estimate of drug-likeness (QED) is 0.775. The molecule has 3 rings (SSSR count). The first-order valence-corrected chi connectivity index (χ1v) is 10.1. The Morgan fingerprint density at radius 1 is 1.00 bits per heavy atom. The fraction of sp³-hybridized carbons (Fsp3) is 0.435. The number of nitrogens with zero attached hydrogens (tertiary/aromatic N) is 1. The maximum atomic E-state index is 12.2. The largest absolute Gasteiger partial charge is 0.379 e. The summed E-state index contributed by atoms with van der Waals surface area (Å²) in [5.74, 6) is 0. The number of morpholine rings is 1. The minimum Gasteiger partial charge on any atom is -0.379 e. The Balaban J connectivity index is 1.45. The molecular weight excluding hydrogens is 350 g/mol. The average molecular weight is 382 g/mol. The average Bonchev–Trinajstić information content (AvgIpc) is 2.70. The molecule has 1 saturated heterocycles. The molecule has 0 aliphatic carbocycles. The number of benzene rings is 2. The summed E-state index contributed by atoms with van der Waals surface area (Å²) >= 11 is 0. The Morgan fingerprint density at radius 3 is 2.50 bits per heavy atom. The highest BCUT2D eigenvalue weighted by Crippen LogP contribution is 2.13. The number of aryl methyl sites for hydroxylation is 2. The molecule has 150 valence electrons. The van der Waals surface area contributed by atoms with Crippen LogP contribution in [0.2, 0.25) is 0 Å². The van der Waals surface area contributed by atoms with Gasteiger partial charge in [0.25, 0.3) is 0 Å². The molecule has 1 heterocycles. The first kappa shape index (κ1) is 20.4. The van der Waals surface area contributed by atoms with E-state index in [2.05, 4.69) is 65.8 Å². The second kappa shape index (κ2) is 10.2. The second-order valence-corrected chi connectivity index (χ2v) is 7.45. The molecule has 0 spiro atoms. The summed E-state index contributed by atoms with van der Waals surface area (Å²) in [6.07, 6.45) is 0.840. The standard InChI is InChI=1S/C23H31N3O2/c1-18-7-8-20(19(2)15-18)9-10-24-23(27)25-16-21-5-3-4-6-22(21)17-26-11-13-28-14-12-26/h3-8,15H,9-14,16-17H2,1-2H3,(H2,24,25,27). The number of rotatable bonds is 7. The van der Waals surface area contributed by atoms with Gasteiger partial charge in [0.15, 0.2) is 0 Å². The second-order valence-electron chi connectivity index (χ2n) is 7.45. The van der Waals surface area contributed by atoms with E-state index in [-0.39, 0.29) is 6.03 Å². The van der Waals surface area contributed by atoms with Crippen molar-refractivity contribution >= 4 is 6.03 Å². The lowest BCUT2D eigenvalue weighted by molar-refractivity contribution is 0.0341. The number of amides is 2. The van der Waals surface area contributed by atoms with E-state index in [0.29, 0.717) is 13.1 Å².